The number of nitrogens with zero attached hydrogens (tertiary/aromatic N) is 1. The zero-order valence-electron chi connectivity index (χ0n) is 10.7. The van der Waals surface area contributed by atoms with Gasteiger partial charge in [0.2, 0.25) is 0 Å². The lowest BCUT2D eigenvalue weighted by atomic mass is 10.1. The van der Waals surface area contributed by atoms with E-state index in [0.717, 1.165) is 16.0 Å². The molecule has 0 bridgehead atoms. The van der Waals surface area contributed by atoms with Gasteiger partial charge >= 0.3 is 5.97 Å². The zero-order valence-corrected chi connectivity index (χ0v) is 11.5. The Bertz CT molecular complexity index is 618. The van der Waals surface area contributed by atoms with E-state index >= 15 is 0 Å². The number of benzene rings is 1. The number of carbonyl (C=O) groups excluding carboxylic acids is 1. The summed E-state index contributed by atoms with van der Waals surface area (Å²) in [6.45, 7) is 3.92. The minimum Gasteiger partial charge on any atom is -0.380 e. The maximum Gasteiger partial charge on any atom is 0.365 e. The molecule has 19 heavy (non-hydrogen) atoms. The second kappa shape index (κ2) is 5.67. The molecule has 0 amide bonds. The number of hydrogen-bond acceptors (Lipinski definition) is 4. The van der Waals surface area contributed by atoms with Crippen LogP contribution in [0.3, 0.4) is 0 Å². The molecule has 1 heterocycles. The van der Waals surface area contributed by atoms with Crippen LogP contribution in [0.25, 0.3) is 0 Å². The fourth-order valence-corrected chi connectivity index (χ4v) is 2.10. The first kappa shape index (κ1) is 13.3. The first-order chi connectivity index (χ1) is 9.08. The van der Waals surface area contributed by atoms with Crippen LogP contribution in [0.5, 0.6) is 0 Å². The molecule has 0 aliphatic carbocycles. The Morgan fingerprint density at radius 3 is 2.68 bits per heavy atom. The van der Waals surface area contributed by atoms with Gasteiger partial charge in [-0.05, 0) is 48.6 Å². The van der Waals surface area contributed by atoms with Crippen LogP contribution in [0.4, 0.5) is 0 Å². The summed E-state index contributed by atoms with van der Waals surface area (Å²) in [5.74, 6) is -0.310. The largest absolute Gasteiger partial charge is 0.380 e. The Hall–Kier alpha value is -2.14. The molecule has 0 radical (unpaired) electrons. The van der Waals surface area contributed by atoms with Gasteiger partial charge in [-0.1, -0.05) is 17.3 Å². The number of nitrogens with two attached hydrogens (primary N) is 1. The fraction of sp³-hybridized carbons (Fsp3) is 0.143. The van der Waals surface area contributed by atoms with Gasteiger partial charge in [0.1, 0.15) is 0 Å². The Morgan fingerprint density at radius 1 is 1.26 bits per heavy atom. The highest BCUT2D eigenvalue weighted by Gasteiger charge is 2.09. The van der Waals surface area contributed by atoms with E-state index in [4.69, 9.17) is 10.6 Å². The average Bonchev–Trinajstić information content (AvgIpc) is 2.92. The molecule has 0 saturated heterocycles. The third kappa shape index (κ3) is 3.20. The summed E-state index contributed by atoms with van der Waals surface area (Å²) >= 11 is 1.44. The molecule has 0 saturated carbocycles. The van der Waals surface area contributed by atoms with Crippen molar-refractivity contribution < 1.29 is 9.63 Å². The molecule has 2 N–H and O–H groups in total. The van der Waals surface area contributed by atoms with E-state index in [-0.39, 0.29) is 5.84 Å². The topological polar surface area (TPSA) is 64.7 Å². The van der Waals surface area contributed by atoms with Gasteiger partial charge in [-0.3, -0.25) is 0 Å². The van der Waals surface area contributed by atoms with Crippen molar-refractivity contribution in [2.24, 2.45) is 10.9 Å². The summed E-state index contributed by atoms with van der Waals surface area (Å²) in [6, 6.07) is 9.02. The number of aryl methyl sites for hydroxylation is 2. The molecule has 0 spiro atoms. The van der Waals surface area contributed by atoms with Gasteiger partial charge in [-0.25, -0.2) is 4.79 Å². The molecule has 0 unspecified atom stereocenters. The van der Waals surface area contributed by atoms with E-state index in [9.17, 15) is 4.79 Å². The van der Waals surface area contributed by atoms with Crippen molar-refractivity contribution in [3.8, 4) is 0 Å². The highest BCUT2D eigenvalue weighted by molar-refractivity contribution is 7.12. The number of amidine groups is 1. The molecule has 2 aromatic rings. The summed E-state index contributed by atoms with van der Waals surface area (Å²) in [7, 11) is 0. The summed E-state index contributed by atoms with van der Waals surface area (Å²) in [5.41, 5.74) is 8.32. The normalized spacial score (nSPS) is 11.4. The van der Waals surface area contributed by atoms with Gasteiger partial charge in [0.05, 0.1) is 10.4 Å². The number of hydrogen-bond donors (Lipinski definition) is 1. The van der Waals surface area contributed by atoms with Crippen LogP contribution >= 0.6 is 11.3 Å². The lowest BCUT2D eigenvalue weighted by Crippen LogP contribution is -2.13. The van der Waals surface area contributed by atoms with Crippen LogP contribution in [0, 0.1) is 13.8 Å². The first-order valence-electron chi connectivity index (χ1n) is 5.74. The lowest BCUT2D eigenvalue weighted by molar-refractivity contribution is 0.0516. The van der Waals surface area contributed by atoms with Crippen molar-refractivity contribution in [3.05, 3.63) is 57.3 Å². The number of rotatable bonds is 3. The van der Waals surface area contributed by atoms with Crippen molar-refractivity contribution in [1.29, 1.82) is 0 Å². The molecule has 1 aromatic heterocycles. The minimum absolute atomic E-state index is 0.201. The van der Waals surface area contributed by atoms with Gasteiger partial charge in [0.25, 0.3) is 0 Å². The van der Waals surface area contributed by atoms with Crippen LogP contribution in [0.15, 0.2) is 40.9 Å². The second-order valence-electron chi connectivity index (χ2n) is 4.13. The predicted octanol–water partition coefficient (Wildman–Crippen LogP) is 2.84. The molecule has 0 aliphatic heterocycles. The van der Waals surface area contributed by atoms with Crippen LogP contribution < -0.4 is 5.73 Å². The van der Waals surface area contributed by atoms with Crippen molar-refractivity contribution >= 4 is 23.1 Å². The van der Waals surface area contributed by atoms with E-state index in [1.807, 2.05) is 37.4 Å². The summed E-state index contributed by atoms with van der Waals surface area (Å²) in [4.78, 5) is 17.4. The van der Waals surface area contributed by atoms with Gasteiger partial charge < -0.3 is 10.6 Å². The molecule has 0 aliphatic rings. The monoisotopic (exact) mass is 274 g/mol. The molecular formula is C14H14N2O2S. The molecule has 5 heteroatoms. The molecule has 0 fully saturated rings. The van der Waals surface area contributed by atoms with Crippen molar-refractivity contribution in [2.45, 2.75) is 13.8 Å². The van der Waals surface area contributed by atoms with Crippen molar-refractivity contribution in [1.82, 2.24) is 0 Å². The SMILES string of the molecule is Cc1ccc(C(=O)O/N=C(\N)c2cccs2)cc1C. The molecular weight excluding hydrogens is 260 g/mol. The summed E-state index contributed by atoms with van der Waals surface area (Å²) in [6.07, 6.45) is 0. The Kier molecular flexibility index (Phi) is 3.97. The predicted molar refractivity (Wildman–Crippen MR) is 76.4 cm³/mol. The van der Waals surface area contributed by atoms with Crippen LogP contribution in [-0.4, -0.2) is 11.8 Å². The zero-order chi connectivity index (χ0) is 13.8. The lowest BCUT2D eigenvalue weighted by Gasteiger charge is -2.03. The molecule has 0 atom stereocenters. The maximum absolute atomic E-state index is 11.8. The highest BCUT2D eigenvalue weighted by Crippen LogP contribution is 2.12. The van der Waals surface area contributed by atoms with Crippen molar-refractivity contribution in [2.75, 3.05) is 0 Å². The van der Waals surface area contributed by atoms with E-state index in [2.05, 4.69) is 5.16 Å². The smallest absolute Gasteiger partial charge is 0.365 e. The average molecular weight is 274 g/mol. The quantitative estimate of drug-likeness (QED) is 0.405. The maximum atomic E-state index is 11.8. The van der Waals surface area contributed by atoms with E-state index < -0.39 is 5.97 Å². The Morgan fingerprint density at radius 2 is 2.05 bits per heavy atom. The van der Waals surface area contributed by atoms with Gasteiger partial charge in [0, 0.05) is 0 Å². The summed E-state index contributed by atoms with van der Waals surface area (Å²) in [5, 5.41) is 5.53. The first-order valence-corrected chi connectivity index (χ1v) is 6.62. The third-order valence-electron chi connectivity index (χ3n) is 2.74. The van der Waals surface area contributed by atoms with E-state index in [1.54, 1.807) is 12.1 Å². The highest BCUT2D eigenvalue weighted by atomic mass is 32.1. The van der Waals surface area contributed by atoms with E-state index in [1.165, 1.54) is 11.3 Å². The Labute approximate surface area is 115 Å². The van der Waals surface area contributed by atoms with Crippen LogP contribution in [0.2, 0.25) is 0 Å². The second-order valence-corrected chi connectivity index (χ2v) is 5.08. The molecule has 1 aromatic carbocycles. The van der Waals surface area contributed by atoms with Gasteiger partial charge in [-0.2, -0.15) is 0 Å². The molecule has 4 nitrogen and oxygen atoms in total. The van der Waals surface area contributed by atoms with E-state index in [0.29, 0.717) is 5.56 Å². The third-order valence-corrected chi connectivity index (χ3v) is 3.64. The molecule has 98 valence electrons. The van der Waals surface area contributed by atoms with Gasteiger partial charge in [0.15, 0.2) is 5.84 Å². The minimum atomic E-state index is -0.511. The Balaban J connectivity index is 2.09. The number of oxime groups is 1. The summed E-state index contributed by atoms with van der Waals surface area (Å²) < 4.78 is 0. The fourth-order valence-electron chi connectivity index (χ4n) is 1.48. The molecule has 2 rings (SSSR count). The standard InChI is InChI=1S/C14H14N2O2S/c1-9-5-6-11(8-10(9)2)14(17)18-16-13(15)12-4-3-7-19-12/h3-8H,1-2H3,(H2,15,16). The number of thiophene rings is 1. The van der Waals surface area contributed by atoms with Crippen molar-refractivity contribution in [3.63, 3.8) is 0 Å². The van der Waals surface area contributed by atoms with Crippen LogP contribution in [-0.2, 0) is 4.84 Å². The number of carbonyl (C=O) groups is 1. The van der Waals surface area contributed by atoms with Crippen LogP contribution in [0.1, 0.15) is 26.4 Å². The van der Waals surface area contributed by atoms with Gasteiger partial charge in [-0.15, -0.1) is 11.3 Å².